The molecule has 6 heteroatoms. The lowest BCUT2D eigenvalue weighted by Crippen LogP contribution is -2.40. The van der Waals surface area contributed by atoms with Gasteiger partial charge in [0.2, 0.25) is 5.95 Å². The topological polar surface area (TPSA) is 83.7 Å². The highest BCUT2D eigenvalue weighted by Gasteiger charge is 2.19. The van der Waals surface area contributed by atoms with E-state index in [0.29, 0.717) is 6.04 Å². The van der Waals surface area contributed by atoms with Gasteiger partial charge in [-0.3, -0.25) is 10.1 Å². The van der Waals surface area contributed by atoms with Crippen LogP contribution in [0.4, 0.5) is 5.95 Å². The van der Waals surface area contributed by atoms with E-state index < -0.39 is 0 Å². The third-order valence-corrected chi connectivity index (χ3v) is 3.47. The number of rotatable bonds is 2. The zero-order chi connectivity index (χ0) is 13.2. The van der Waals surface area contributed by atoms with E-state index in [9.17, 15) is 0 Å². The van der Waals surface area contributed by atoms with Crippen LogP contribution in [0.15, 0.2) is 18.3 Å². The first-order valence-corrected chi connectivity index (χ1v) is 6.58. The summed E-state index contributed by atoms with van der Waals surface area (Å²) in [6.45, 7) is 3.81. The minimum atomic E-state index is 0.317. The molecule has 3 heterocycles. The van der Waals surface area contributed by atoms with Crippen LogP contribution in [0.25, 0.3) is 11.4 Å². The Morgan fingerprint density at radius 2 is 2.16 bits per heavy atom. The van der Waals surface area contributed by atoms with Crippen molar-refractivity contribution in [3.8, 4) is 11.4 Å². The number of piperidine rings is 1. The molecule has 3 N–H and O–H groups in total. The molecular formula is C13H18N6. The summed E-state index contributed by atoms with van der Waals surface area (Å²) in [4.78, 5) is 10.9. The van der Waals surface area contributed by atoms with Crippen LogP contribution in [-0.4, -0.2) is 39.3 Å². The Balaban J connectivity index is 1.80. The molecule has 2 aromatic rings. The Hall–Kier alpha value is -1.95. The van der Waals surface area contributed by atoms with Gasteiger partial charge in [-0.05, 0) is 31.9 Å². The van der Waals surface area contributed by atoms with Crippen molar-refractivity contribution >= 4 is 5.95 Å². The molecular weight excluding hydrogens is 240 g/mol. The number of anilines is 1. The molecule has 0 saturated carbocycles. The predicted molar refractivity (Wildman–Crippen MR) is 73.8 cm³/mol. The molecule has 1 aliphatic rings. The zero-order valence-corrected chi connectivity index (χ0v) is 11.0. The van der Waals surface area contributed by atoms with E-state index in [1.807, 2.05) is 19.1 Å². The molecule has 19 heavy (non-hydrogen) atoms. The molecule has 1 saturated heterocycles. The molecule has 0 amide bonds. The van der Waals surface area contributed by atoms with Crippen LogP contribution in [0.2, 0.25) is 0 Å². The lowest BCUT2D eigenvalue weighted by atomic mass is 10.1. The van der Waals surface area contributed by atoms with Gasteiger partial charge in [0, 0.05) is 36.6 Å². The second-order valence-electron chi connectivity index (χ2n) is 4.99. The van der Waals surface area contributed by atoms with Gasteiger partial charge in [0.1, 0.15) is 0 Å². The fourth-order valence-corrected chi connectivity index (χ4v) is 2.32. The van der Waals surface area contributed by atoms with Gasteiger partial charge in [0.25, 0.3) is 0 Å². The first-order valence-electron chi connectivity index (χ1n) is 6.58. The van der Waals surface area contributed by atoms with Gasteiger partial charge in [-0.2, -0.15) is 4.98 Å². The number of hydrogen-bond acceptors (Lipinski definition) is 5. The molecule has 0 spiro atoms. The Labute approximate surface area is 112 Å². The third-order valence-electron chi connectivity index (χ3n) is 3.47. The third kappa shape index (κ3) is 2.58. The Morgan fingerprint density at radius 1 is 1.37 bits per heavy atom. The first-order chi connectivity index (χ1) is 9.22. The van der Waals surface area contributed by atoms with E-state index in [1.54, 1.807) is 6.20 Å². The number of H-pyrrole nitrogens is 1. The Morgan fingerprint density at radius 3 is 2.89 bits per heavy atom. The second kappa shape index (κ2) is 4.97. The van der Waals surface area contributed by atoms with E-state index >= 15 is 0 Å². The quantitative estimate of drug-likeness (QED) is 0.842. The zero-order valence-electron chi connectivity index (χ0n) is 11.0. The molecule has 0 aromatic carbocycles. The lowest BCUT2D eigenvalue weighted by molar-refractivity contribution is 0.496. The molecule has 1 aliphatic heterocycles. The second-order valence-corrected chi connectivity index (χ2v) is 4.99. The molecule has 3 rings (SSSR count). The molecule has 100 valence electrons. The van der Waals surface area contributed by atoms with Crippen LogP contribution in [0.1, 0.15) is 18.5 Å². The average molecular weight is 258 g/mol. The number of aryl methyl sites for hydroxylation is 1. The summed E-state index contributed by atoms with van der Waals surface area (Å²) < 4.78 is 0. The Kier molecular flexibility index (Phi) is 3.16. The van der Waals surface area contributed by atoms with Crippen LogP contribution < -0.4 is 10.6 Å². The van der Waals surface area contributed by atoms with E-state index in [4.69, 9.17) is 5.73 Å². The molecule has 6 nitrogen and oxygen atoms in total. The number of hydrogen-bond donors (Lipinski definition) is 2. The smallest absolute Gasteiger partial charge is 0.245 e. The SMILES string of the molecule is Cc1cc(-c2nc(N3CCC(N)CC3)n[nH]2)ccn1. The number of nitrogens with zero attached hydrogens (tertiary/aromatic N) is 4. The van der Waals surface area contributed by atoms with Gasteiger partial charge in [-0.15, -0.1) is 5.10 Å². The summed E-state index contributed by atoms with van der Waals surface area (Å²) in [5.41, 5.74) is 7.89. The number of pyridine rings is 1. The maximum Gasteiger partial charge on any atom is 0.245 e. The summed E-state index contributed by atoms with van der Waals surface area (Å²) >= 11 is 0. The van der Waals surface area contributed by atoms with Crippen molar-refractivity contribution in [2.45, 2.75) is 25.8 Å². The number of nitrogens with two attached hydrogens (primary N) is 1. The maximum atomic E-state index is 5.91. The van der Waals surface area contributed by atoms with E-state index in [-0.39, 0.29) is 0 Å². The van der Waals surface area contributed by atoms with Crippen molar-refractivity contribution in [2.75, 3.05) is 18.0 Å². The highest BCUT2D eigenvalue weighted by Crippen LogP contribution is 2.20. The maximum absolute atomic E-state index is 5.91. The fraction of sp³-hybridized carbons (Fsp3) is 0.462. The van der Waals surface area contributed by atoms with Crippen molar-refractivity contribution in [3.63, 3.8) is 0 Å². The lowest BCUT2D eigenvalue weighted by Gasteiger charge is -2.28. The van der Waals surface area contributed by atoms with Crippen molar-refractivity contribution in [2.24, 2.45) is 5.73 Å². The van der Waals surface area contributed by atoms with Crippen molar-refractivity contribution in [3.05, 3.63) is 24.0 Å². The highest BCUT2D eigenvalue weighted by molar-refractivity contribution is 5.56. The highest BCUT2D eigenvalue weighted by atomic mass is 15.4. The minimum absolute atomic E-state index is 0.317. The van der Waals surface area contributed by atoms with E-state index in [0.717, 1.165) is 49.0 Å². The van der Waals surface area contributed by atoms with Gasteiger partial charge >= 0.3 is 0 Å². The van der Waals surface area contributed by atoms with Crippen LogP contribution in [-0.2, 0) is 0 Å². The number of nitrogens with one attached hydrogen (secondary N) is 1. The molecule has 2 aromatic heterocycles. The van der Waals surface area contributed by atoms with E-state index in [2.05, 4.69) is 25.1 Å². The number of aromatic amines is 1. The van der Waals surface area contributed by atoms with Gasteiger partial charge in [0.15, 0.2) is 5.82 Å². The Bertz CT molecular complexity index is 556. The van der Waals surface area contributed by atoms with Crippen molar-refractivity contribution in [1.82, 2.24) is 20.2 Å². The summed E-state index contributed by atoms with van der Waals surface area (Å²) in [7, 11) is 0. The van der Waals surface area contributed by atoms with Crippen molar-refractivity contribution < 1.29 is 0 Å². The molecule has 1 fully saturated rings. The monoisotopic (exact) mass is 258 g/mol. The average Bonchev–Trinajstić information content (AvgIpc) is 2.89. The molecule has 0 radical (unpaired) electrons. The molecule has 0 aliphatic carbocycles. The number of aromatic nitrogens is 4. The fourth-order valence-electron chi connectivity index (χ4n) is 2.32. The summed E-state index contributed by atoms with van der Waals surface area (Å²) in [5.74, 6) is 1.55. The summed E-state index contributed by atoms with van der Waals surface area (Å²) in [5, 5.41) is 7.30. The van der Waals surface area contributed by atoms with Gasteiger partial charge in [-0.1, -0.05) is 0 Å². The van der Waals surface area contributed by atoms with Crippen LogP contribution >= 0.6 is 0 Å². The minimum Gasteiger partial charge on any atom is -0.339 e. The van der Waals surface area contributed by atoms with Gasteiger partial charge < -0.3 is 10.6 Å². The first kappa shape index (κ1) is 12.1. The van der Waals surface area contributed by atoms with Crippen LogP contribution in [0.3, 0.4) is 0 Å². The van der Waals surface area contributed by atoms with Crippen molar-refractivity contribution in [1.29, 1.82) is 0 Å². The molecule has 0 atom stereocenters. The normalized spacial score (nSPS) is 16.8. The van der Waals surface area contributed by atoms with Gasteiger partial charge in [-0.25, -0.2) is 0 Å². The molecule has 0 bridgehead atoms. The summed E-state index contributed by atoms with van der Waals surface area (Å²) in [6.07, 6.45) is 3.78. The largest absolute Gasteiger partial charge is 0.339 e. The molecule has 0 unspecified atom stereocenters. The predicted octanol–water partition coefficient (Wildman–Crippen LogP) is 1.10. The standard InChI is InChI=1S/C13H18N6/c1-9-8-10(2-5-15-9)12-16-13(18-17-12)19-6-3-11(14)4-7-19/h2,5,8,11H,3-4,6-7,14H2,1H3,(H,16,17,18). The van der Waals surface area contributed by atoms with Crippen LogP contribution in [0, 0.1) is 6.92 Å². The van der Waals surface area contributed by atoms with E-state index in [1.165, 1.54) is 0 Å². The van der Waals surface area contributed by atoms with Crippen LogP contribution in [0.5, 0.6) is 0 Å². The summed E-state index contributed by atoms with van der Waals surface area (Å²) in [6, 6.07) is 4.25. The van der Waals surface area contributed by atoms with Gasteiger partial charge in [0.05, 0.1) is 0 Å².